The first kappa shape index (κ1) is 11.5. The molecule has 1 aromatic carbocycles. The monoisotopic (exact) mass is 283 g/mol. The highest BCUT2D eigenvalue weighted by atomic mass is 79.9. The lowest BCUT2D eigenvalue weighted by Gasteiger charge is -2.14. The van der Waals surface area contributed by atoms with E-state index < -0.39 is 0 Å². The molecule has 0 unspecified atom stereocenters. The summed E-state index contributed by atoms with van der Waals surface area (Å²) in [4.78, 5) is 11.5. The van der Waals surface area contributed by atoms with Crippen molar-refractivity contribution in [3.63, 3.8) is 0 Å². The summed E-state index contributed by atoms with van der Waals surface area (Å²) >= 11 is 3.41. The number of hydrogen-bond acceptors (Lipinski definition) is 3. The molecule has 0 atom stereocenters. The van der Waals surface area contributed by atoms with Crippen LogP contribution in [0.15, 0.2) is 28.7 Å². The number of hydrogen-bond donors (Lipinski definition) is 1. The first-order valence-electron chi connectivity index (χ1n) is 5.24. The standard InChI is InChI=1S/C12H14BrNO2/c1-16-11(15)12(5-6-12)8-14-10-4-2-3-9(13)7-10/h2-4,7,14H,5-6,8H2,1H3. The van der Waals surface area contributed by atoms with Crippen LogP contribution in [0.25, 0.3) is 0 Å². The molecule has 0 heterocycles. The fraction of sp³-hybridized carbons (Fsp3) is 0.417. The topological polar surface area (TPSA) is 38.3 Å². The summed E-state index contributed by atoms with van der Waals surface area (Å²) in [5.41, 5.74) is 0.737. The zero-order valence-corrected chi connectivity index (χ0v) is 10.7. The maximum Gasteiger partial charge on any atom is 0.313 e. The quantitative estimate of drug-likeness (QED) is 0.864. The molecule has 16 heavy (non-hydrogen) atoms. The molecule has 1 N–H and O–H groups in total. The van der Waals surface area contributed by atoms with Gasteiger partial charge in [-0.1, -0.05) is 22.0 Å². The van der Waals surface area contributed by atoms with Crippen LogP contribution in [-0.2, 0) is 9.53 Å². The summed E-state index contributed by atoms with van der Waals surface area (Å²) in [5, 5.41) is 3.27. The van der Waals surface area contributed by atoms with Gasteiger partial charge in [0.15, 0.2) is 0 Å². The van der Waals surface area contributed by atoms with Crippen LogP contribution in [-0.4, -0.2) is 19.6 Å². The highest BCUT2D eigenvalue weighted by Gasteiger charge is 2.50. The molecule has 0 saturated heterocycles. The number of benzene rings is 1. The van der Waals surface area contributed by atoms with Gasteiger partial charge >= 0.3 is 5.97 Å². The van der Waals surface area contributed by atoms with Crippen molar-refractivity contribution in [1.82, 2.24) is 0 Å². The molecule has 0 radical (unpaired) electrons. The van der Waals surface area contributed by atoms with Gasteiger partial charge in [-0.25, -0.2) is 0 Å². The van der Waals surface area contributed by atoms with Crippen molar-refractivity contribution < 1.29 is 9.53 Å². The third-order valence-electron chi connectivity index (χ3n) is 2.93. The Kier molecular flexibility index (Phi) is 3.19. The summed E-state index contributed by atoms with van der Waals surface area (Å²) in [6, 6.07) is 7.91. The summed E-state index contributed by atoms with van der Waals surface area (Å²) < 4.78 is 5.83. The van der Waals surface area contributed by atoms with Crippen molar-refractivity contribution in [2.24, 2.45) is 5.41 Å². The van der Waals surface area contributed by atoms with Crippen molar-refractivity contribution in [3.05, 3.63) is 28.7 Å². The normalized spacial score (nSPS) is 16.6. The first-order chi connectivity index (χ1) is 7.66. The number of carbonyl (C=O) groups is 1. The van der Waals surface area contributed by atoms with Crippen LogP contribution in [0, 0.1) is 5.41 Å². The van der Waals surface area contributed by atoms with Crippen molar-refractivity contribution in [2.45, 2.75) is 12.8 Å². The molecular weight excluding hydrogens is 270 g/mol. The molecule has 0 aromatic heterocycles. The lowest BCUT2D eigenvalue weighted by Crippen LogP contribution is -2.25. The highest BCUT2D eigenvalue weighted by molar-refractivity contribution is 9.10. The molecule has 4 heteroatoms. The van der Waals surface area contributed by atoms with E-state index in [-0.39, 0.29) is 11.4 Å². The van der Waals surface area contributed by atoms with E-state index in [0.717, 1.165) is 23.0 Å². The van der Waals surface area contributed by atoms with E-state index in [1.54, 1.807) is 0 Å². The SMILES string of the molecule is COC(=O)C1(CNc2cccc(Br)c2)CC1. The van der Waals surface area contributed by atoms with Crippen LogP contribution in [0.5, 0.6) is 0 Å². The Balaban J connectivity index is 1.95. The molecule has 1 saturated carbocycles. The predicted molar refractivity (Wildman–Crippen MR) is 66.3 cm³/mol. The Hall–Kier alpha value is -1.03. The summed E-state index contributed by atoms with van der Waals surface area (Å²) in [7, 11) is 1.45. The molecule has 86 valence electrons. The van der Waals surface area contributed by atoms with Crippen LogP contribution < -0.4 is 5.32 Å². The molecule has 2 rings (SSSR count). The van der Waals surface area contributed by atoms with Crippen LogP contribution in [0.1, 0.15) is 12.8 Å². The van der Waals surface area contributed by atoms with Crippen molar-refractivity contribution >= 4 is 27.6 Å². The fourth-order valence-electron chi connectivity index (χ4n) is 1.69. The highest BCUT2D eigenvalue weighted by Crippen LogP contribution is 2.46. The third-order valence-corrected chi connectivity index (χ3v) is 3.42. The molecule has 0 aliphatic heterocycles. The zero-order valence-electron chi connectivity index (χ0n) is 9.13. The number of nitrogens with one attached hydrogen (secondary N) is 1. The molecule has 1 aliphatic carbocycles. The number of halogens is 1. The van der Waals surface area contributed by atoms with Gasteiger partial charge in [0.1, 0.15) is 0 Å². The fourth-order valence-corrected chi connectivity index (χ4v) is 2.09. The van der Waals surface area contributed by atoms with E-state index in [0.29, 0.717) is 6.54 Å². The first-order valence-corrected chi connectivity index (χ1v) is 6.03. The lowest BCUT2D eigenvalue weighted by atomic mass is 10.1. The average molecular weight is 284 g/mol. The second-order valence-corrected chi connectivity index (χ2v) is 5.05. The van der Waals surface area contributed by atoms with Gasteiger partial charge in [0, 0.05) is 16.7 Å². The Labute approximate surface area is 103 Å². The number of anilines is 1. The molecule has 1 fully saturated rings. The summed E-state index contributed by atoms with van der Waals surface area (Å²) in [6.45, 7) is 0.649. The second kappa shape index (κ2) is 4.45. The maximum absolute atomic E-state index is 11.5. The van der Waals surface area contributed by atoms with Gasteiger partial charge in [-0.05, 0) is 31.0 Å². The van der Waals surface area contributed by atoms with E-state index in [2.05, 4.69) is 21.2 Å². The zero-order chi connectivity index (χ0) is 11.6. The number of carbonyl (C=O) groups excluding carboxylic acids is 1. The molecule has 0 spiro atoms. The molecule has 0 amide bonds. The minimum absolute atomic E-state index is 0.102. The van der Waals surface area contributed by atoms with Gasteiger partial charge in [-0.3, -0.25) is 4.79 Å². The van der Waals surface area contributed by atoms with E-state index >= 15 is 0 Å². The molecule has 0 bridgehead atoms. The van der Waals surface area contributed by atoms with Gasteiger partial charge in [0.05, 0.1) is 12.5 Å². The van der Waals surface area contributed by atoms with E-state index in [1.807, 2.05) is 24.3 Å². The van der Waals surface area contributed by atoms with Gasteiger partial charge in [0.2, 0.25) is 0 Å². The maximum atomic E-state index is 11.5. The van der Waals surface area contributed by atoms with Gasteiger partial charge in [0.25, 0.3) is 0 Å². The largest absolute Gasteiger partial charge is 0.469 e. The summed E-state index contributed by atoms with van der Waals surface area (Å²) in [5.74, 6) is -0.102. The molecule has 1 aliphatic rings. The Morgan fingerprint density at radius 1 is 1.56 bits per heavy atom. The minimum atomic E-state index is -0.281. The van der Waals surface area contributed by atoms with Gasteiger partial charge < -0.3 is 10.1 Å². The Morgan fingerprint density at radius 3 is 2.88 bits per heavy atom. The summed E-state index contributed by atoms with van der Waals surface area (Å²) in [6.07, 6.45) is 1.83. The third kappa shape index (κ3) is 2.38. The van der Waals surface area contributed by atoms with Gasteiger partial charge in [-0.15, -0.1) is 0 Å². The predicted octanol–water partition coefficient (Wildman–Crippen LogP) is 2.81. The molecular formula is C12H14BrNO2. The number of rotatable bonds is 4. The van der Waals surface area contributed by atoms with Crippen molar-refractivity contribution in [1.29, 1.82) is 0 Å². The number of esters is 1. The van der Waals surface area contributed by atoms with Crippen molar-refractivity contribution in [2.75, 3.05) is 19.0 Å². The van der Waals surface area contributed by atoms with Crippen LogP contribution in [0.4, 0.5) is 5.69 Å². The van der Waals surface area contributed by atoms with Crippen LogP contribution in [0.2, 0.25) is 0 Å². The number of ether oxygens (including phenoxy) is 1. The molecule has 3 nitrogen and oxygen atoms in total. The van der Waals surface area contributed by atoms with Crippen LogP contribution in [0.3, 0.4) is 0 Å². The van der Waals surface area contributed by atoms with E-state index in [4.69, 9.17) is 4.74 Å². The average Bonchev–Trinajstić information content (AvgIpc) is 3.07. The Bertz CT molecular complexity index is 402. The molecule has 1 aromatic rings. The smallest absolute Gasteiger partial charge is 0.313 e. The Morgan fingerprint density at radius 2 is 2.31 bits per heavy atom. The van der Waals surface area contributed by atoms with Gasteiger partial charge in [-0.2, -0.15) is 0 Å². The number of methoxy groups -OCH3 is 1. The van der Waals surface area contributed by atoms with Crippen molar-refractivity contribution in [3.8, 4) is 0 Å². The van der Waals surface area contributed by atoms with E-state index in [9.17, 15) is 4.79 Å². The second-order valence-electron chi connectivity index (χ2n) is 4.14. The van der Waals surface area contributed by atoms with E-state index in [1.165, 1.54) is 7.11 Å². The minimum Gasteiger partial charge on any atom is -0.469 e. The van der Waals surface area contributed by atoms with Crippen LogP contribution >= 0.6 is 15.9 Å². The lowest BCUT2D eigenvalue weighted by molar-refractivity contribution is -0.146.